The molecule has 0 atom stereocenters. The molecule has 112 valence electrons. The molecule has 0 aliphatic carbocycles. The molecule has 0 aliphatic rings. The minimum absolute atomic E-state index is 0.318. The number of alkyl halides is 1. The number of carbonyl (C=O) groups is 1. The van der Waals surface area contributed by atoms with Crippen molar-refractivity contribution in [3.05, 3.63) is 12.2 Å². The van der Waals surface area contributed by atoms with Gasteiger partial charge in [0.15, 0.2) is 0 Å². The number of carboxylic acids is 1. The van der Waals surface area contributed by atoms with Crippen LogP contribution in [0.15, 0.2) is 12.2 Å². The summed E-state index contributed by atoms with van der Waals surface area (Å²) in [5.74, 6) is -0.674. The lowest BCUT2D eigenvalue weighted by atomic mass is 10.1. The van der Waals surface area contributed by atoms with Gasteiger partial charge in [0.25, 0.3) is 0 Å². The molecule has 0 aliphatic heterocycles. The third-order valence-corrected chi connectivity index (χ3v) is 3.74. The standard InChI is InChI=1S/C16H29BrO2/c17-15-13-11-9-7-5-3-1-2-4-6-8-10-12-14-16(18)19/h2,4H,1,3,5-15H2,(H,18,19). The van der Waals surface area contributed by atoms with Crippen LogP contribution in [-0.2, 0) is 4.79 Å². The van der Waals surface area contributed by atoms with E-state index in [0.717, 1.165) is 31.0 Å². The molecule has 0 spiro atoms. The van der Waals surface area contributed by atoms with Gasteiger partial charge in [0.1, 0.15) is 0 Å². The predicted molar refractivity (Wildman–Crippen MR) is 86.0 cm³/mol. The molecule has 0 bridgehead atoms. The van der Waals surface area contributed by atoms with E-state index in [2.05, 4.69) is 28.1 Å². The average Bonchev–Trinajstić information content (AvgIpc) is 2.39. The molecule has 0 aromatic rings. The van der Waals surface area contributed by atoms with Gasteiger partial charge in [0, 0.05) is 11.8 Å². The number of carboxylic acid groups (broad SMARTS) is 1. The molecular weight excluding hydrogens is 304 g/mol. The van der Waals surface area contributed by atoms with E-state index in [-0.39, 0.29) is 0 Å². The van der Waals surface area contributed by atoms with Crippen molar-refractivity contribution in [1.29, 1.82) is 0 Å². The second kappa shape index (κ2) is 15.7. The number of rotatable bonds is 14. The van der Waals surface area contributed by atoms with Crippen molar-refractivity contribution in [2.45, 2.75) is 77.0 Å². The van der Waals surface area contributed by atoms with Crippen LogP contribution in [0.25, 0.3) is 0 Å². The van der Waals surface area contributed by atoms with Crippen LogP contribution in [-0.4, -0.2) is 16.4 Å². The highest BCUT2D eigenvalue weighted by Crippen LogP contribution is 2.09. The van der Waals surface area contributed by atoms with E-state index < -0.39 is 5.97 Å². The van der Waals surface area contributed by atoms with Gasteiger partial charge >= 0.3 is 5.97 Å². The molecule has 19 heavy (non-hydrogen) atoms. The number of unbranched alkanes of at least 4 members (excludes halogenated alkanes) is 9. The topological polar surface area (TPSA) is 37.3 Å². The quantitative estimate of drug-likeness (QED) is 0.251. The highest BCUT2D eigenvalue weighted by Gasteiger charge is 1.95. The maximum atomic E-state index is 10.3. The number of aliphatic carboxylic acids is 1. The largest absolute Gasteiger partial charge is 0.481 e. The summed E-state index contributed by atoms with van der Waals surface area (Å²) in [6.45, 7) is 0. The SMILES string of the molecule is O=C(O)CCCCCC=CCCCCCCCCBr. The lowest BCUT2D eigenvalue weighted by Crippen LogP contribution is -1.93. The molecule has 1 N–H and O–H groups in total. The summed E-state index contributed by atoms with van der Waals surface area (Å²) in [5.41, 5.74) is 0. The van der Waals surface area contributed by atoms with E-state index in [9.17, 15) is 4.79 Å². The highest BCUT2D eigenvalue weighted by molar-refractivity contribution is 9.09. The van der Waals surface area contributed by atoms with E-state index in [1.54, 1.807) is 0 Å². The normalized spacial score (nSPS) is 11.2. The smallest absolute Gasteiger partial charge is 0.303 e. The van der Waals surface area contributed by atoms with Gasteiger partial charge in [-0.25, -0.2) is 0 Å². The minimum atomic E-state index is -0.674. The summed E-state index contributed by atoms with van der Waals surface area (Å²) in [6.07, 6.45) is 18.2. The Morgan fingerprint density at radius 2 is 1.26 bits per heavy atom. The monoisotopic (exact) mass is 332 g/mol. The average molecular weight is 333 g/mol. The lowest BCUT2D eigenvalue weighted by Gasteiger charge is -1.98. The van der Waals surface area contributed by atoms with Crippen LogP contribution in [0.1, 0.15) is 77.0 Å². The predicted octanol–water partition coefficient (Wildman–Crippen LogP) is 5.70. The lowest BCUT2D eigenvalue weighted by molar-refractivity contribution is -0.137. The highest BCUT2D eigenvalue weighted by atomic mass is 79.9. The molecule has 0 saturated carbocycles. The van der Waals surface area contributed by atoms with E-state index in [1.165, 1.54) is 44.9 Å². The van der Waals surface area contributed by atoms with E-state index >= 15 is 0 Å². The zero-order chi connectivity index (χ0) is 14.2. The summed E-state index contributed by atoms with van der Waals surface area (Å²) >= 11 is 3.45. The molecule has 0 saturated heterocycles. The Kier molecular flexibility index (Phi) is 15.5. The minimum Gasteiger partial charge on any atom is -0.481 e. The zero-order valence-corrected chi connectivity index (χ0v) is 13.7. The molecule has 3 heteroatoms. The molecule has 0 rings (SSSR count). The Bertz CT molecular complexity index is 227. The van der Waals surface area contributed by atoms with Gasteiger partial charge in [-0.05, 0) is 38.5 Å². The van der Waals surface area contributed by atoms with Crippen molar-refractivity contribution in [1.82, 2.24) is 0 Å². The first-order chi connectivity index (χ1) is 9.27. The molecule has 0 unspecified atom stereocenters. The second-order valence-corrected chi connectivity index (χ2v) is 5.86. The summed E-state index contributed by atoms with van der Waals surface area (Å²) in [7, 11) is 0. The van der Waals surface area contributed by atoms with Crippen LogP contribution in [0.4, 0.5) is 0 Å². The number of allylic oxidation sites excluding steroid dienone is 2. The van der Waals surface area contributed by atoms with Crippen molar-refractivity contribution in [2.24, 2.45) is 0 Å². The van der Waals surface area contributed by atoms with Crippen molar-refractivity contribution in [3.63, 3.8) is 0 Å². The molecule has 0 amide bonds. The Morgan fingerprint density at radius 3 is 1.79 bits per heavy atom. The maximum absolute atomic E-state index is 10.3. The van der Waals surface area contributed by atoms with Crippen molar-refractivity contribution in [3.8, 4) is 0 Å². The van der Waals surface area contributed by atoms with Gasteiger partial charge in [-0.3, -0.25) is 4.79 Å². The Morgan fingerprint density at radius 1 is 0.789 bits per heavy atom. The van der Waals surface area contributed by atoms with Crippen molar-refractivity contribution >= 4 is 21.9 Å². The van der Waals surface area contributed by atoms with Crippen LogP contribution >= 0.6 is 15.9 Å². The van der Waals surface area contributed by atoms with Gasteiger partial charge in [0.2, 0.25) is 0 Å². The number of hydrogen-bond donors (Lipinski definition) is 1. The van der Waals surface area contributed by atoms with Gasteiger partial charge in [-0.15, -0.1) is 0 Å². The first kappa shape index (κ1) is 18.7. The number of hydrogen-bond acceptors (Lipinski definition) is 1. The second-order valence-electron chi connectivity index (χ2n) is 5.06. The van der Waals surface area contributed by atoms with Gasteiger partial charge in [0.05, 0.1) is 0 Å². The van der Waals surface area contributed by atoms with Crippen molar-refractivity contribution in [2.75, 3.05) is 5.33 Å². The summed E-state index contributed by atoms with van der Waals surface area (Å²) < 4.78 is 0. The number of halogens is 1. The fraction of sp³-hybridized carbons (Fsp3) is 0.812. The Balaban J connectivity index is 3.07. The summed E-state index contributed by atoms with van der Waals surface area (Å²) in [6, 6.07) is 0. The third-order valence-electron chi connectivity index (χ3n) is 3.18. The van der Waals surface area contributed by atoms with Crippen LogP contribution in [0.2, 0.25) is 0 Å². The van der Waals surface area contributed by atoms with E-state index in [0.29, 0.717) is 6.42 Å². The first-order valence-corrected chi connectivity index (χ1v) is 8.82. The van der Waals surface area contributed by atoms with Gasteiger partial charge in [-0.1, -0.05) is 60.2 Å². The molecule has 0 aromatic carbocycles. The third kappa shape index (κ3) is 17.7. The Labute approximate surface area is 126 Å². The molecule has 0 aromatic heterocycles. The summed E-state index contributed by atoms with van der Waals surface area (Å²) in [5, 5.41) is 9.63. The van der Waals surface area contributed by atoms with E-state index in [4.69, 9.17) is 5.11 Å². The molecule has 0 fully saturated rings. The first-order valence-electron chi connectivity index (χ1n) is 7.70. The molecule has 2 nitrogen and oxygen atoms in total. The zero-order valence-electron chi connectivity index (χ0n) is 12.1. The Hall–Kier alpha value is -0.310. The van der Waals surface area contributed by atoms with Gasteiger partial charge in [-0.2, -0.15) is 0 Å². The fourth-order valence-corrected chi connectivity index (χ4v) is 2.41. The van der Waals surface area contributed by atoms with Crippen LogP contribution in [0.5, 0.6) is 0 Å². The van der Waals surface area contributed by atoms with Crippen LogP contribution in [0.3, 0.4) is 0 Å². The van der Waals surface area contributed by atoms with Gasteiger partial charge < -0.3 is 5.11 Å². The summed E-state index contributed by atoms with van der Waals surface area (Å²) in [4.78, 5) is 10.3. The molecule has 0 radical (unpaired) electrons. The van der Waals surface area contributed by atoms with E-state index in [1.807, 2.05) is 0 Å². The fourth-order valence-electron chi connectivity index (χ4n) is 2.01. The van der Waals surface area contributed by atoms with Crippen molar-refractivity contribution < 1.29 is 9.90 Å². The molecule has 0 heterocycles. The maximum Gasteiger partial charge on any atom is 0.303 e. The van der Waals surface area contributed by atoms with Crippen LogP contribution in [0, 0.1) is 0 Å². The van der Waals surface area contributed by atoms with Crippen LogP contribution < -0.4 is 0 Å². The molecular formula is C16H29BrO2.